The molecule has 1 fully saturated rings. The molecule has 1 saturated heterocycles. The monoisotopic (exact) mass is 146 g/mol. The third-order valence-electron chi connectivity index (χ3n) is 1.87. The maximum Gasteiger partial charge on any atom is 0.0244 e. The van der Waals surface area contributed by atoms with E-state index in [2.05, 4.69) is 36.1 Å². The molecule has 0 amide bonds. The van der Waals surface area contributed by atoms with E-state index >= 15 is 0 Å². The van der Waals surface area contributed by atoms with Crippen LogP contribution in [-0.4, -0.2) is 42.4 Å². The Morgan fingerprint density at radius 2 is 2.22 bits per heavy atom. The van der Waals surface area contributed by atoms with E-state index in [0.717, 1.165) is 19.1 Å². The Balaban J connectivity index is 2.30. The van der Waals surface area contributed by atoms with Crippen LogP contribution in [0.25, 0.3) is 0 Å². The lowest BCUT2D eigenvalue weighted by Gasteiger charge is -2.17. The quantitative estimate of drug-likeness (QED) is 0.537. The van der Waals surface area contributed by atoms with Gasteiger partial charge < -0.3 is 4.90 Å². The summed E-state index contributed by atoms with van der Waals surface area (Å²) < 4.78 is 2.07. The summed E-state index contributed by atoms with van der Waals surface area (Å²) in [5.41, 5.74) is 0. The Bertz CT molecular complexity index is 95.1. The average Bonchev–Trinajstić information content (AvgIpc) is 2.14. The van der Waals surface area contributed by atoms with Crippen molar-refractivity contribution in [2.45, 2.75) is 12.5 Å². The predicted octanol–water partition coefficient (Wildman–Crippen LogP) is 0.467. The molecular weight excluding hydrogens is 132 g/mol. The van der Waals surface area contributed by atoms with Gasteiger partial charge in [0.05, 0.1) is 0 Å². The molecule has 0 aliphatic carbocycles. The van der Waals surface area contributed by atoms with Crippen LogP contribution in [0.3, 0.4) is 0 Å². The smallest absolute Gasteiger partial charge is 0.0244 e. The van der Waals surface area contributed by atoms with Crippen LogP contribution >= 0.6 is 12.8 Å². The Hall–Kier alpha value is 0.270. The van der Waals surface area contributed by atoms with Crippen molar-refractivity contribution in [2.75, 3.05) is 27.2 Å². The topological polar surface area (TPSA) is 6.48 Å². The van der Waals surface area contributed by atoms with Gasteiger partial charge in [-0.2, -0.15) is 0 Å². The molecule has 1 heterocycles. The van der Waals surface area contributed by atoms with Gasteiger partial charge in [0.15, 0.2) is 0 Å². The lowest BCUT2D eigenvalue weighted by molar-refractivity contribution is 0.305. The van der Waals surface area contributed by atoms with E-state index in [-0.39, 0.29) is 0 Å². The Morgan fingerprint density at radius 3 is 2.44 bits per heavy atom. The van der Waals surface area contributed by atoms with Crippen LogP contribution in [0.4, 0.5) is 0 Å². The normalized spacial score (nSPS) is 30.0. The first-order valence-electron chi connectivity index (χ1n) is 3.30. The van der Waals surface area contributed by atoms with Crippen molar-refractivity contribution < 1.29 is 0 Å². The fourth-order valence-corrected chi connectivity index (χ4v) is 1.45. The van der Waals surface area contributed by atoms with Gasteiger partial charge in [0, 0.05) is 19.1 Å². The second kappa shape index (κ2) is 2.90. The van der Waals surface area contributed by atoms with Gasteiger partial charge in [-0.25, -0.2) is 0 Å². The fraction of sp³-hybridized carbons (Fsp3) is 1.00. The predicted molar refractivity (Wildman–Crippen MR) is 42.7 cm³/mol. The third kappa shape index (κ3) is 1.85. The molecule has 1 atom stereocenters. The second-order valence-corrected chi connectivity index (χ2v) is 3.38. The van der Waals surface area contributed by atoms with Crippen molar-refractivity contribution in [2.24, 2.45) is 0 Å². The van der Waals surface area contributed by atoms with Crippen LogP contribution < -0.4 is 0 Å². The lowest BCUT2D eigenvalue weighted by atomic mass is 10.2. The summed E-state index contributed by atoms with van der Waals surface area (Å²) in [6, 6.07) is 0.725. The highest BCUT2D eigenvalue weighted by atomic mass is 32.1. The summed E-state index contributed by atoms with van der Waals surface area (Å²) in [7, 11) is 4.25. The van der Waals surface area contributed by atoms with Crippen molar-refractivity contribution in [3.63, 3.8) is 0 Å². The largest absolute Gasteiger partial charge is 0.305 e. The Kier molecular flexibility index (Phi) is 2.38. The van der Waals surface area contributed by atoms with E-state index in [1.165, 1.54) is 6.42 Å². The number of hydrogen-bond acceptors (Lipinski definition) is 3. The number of nitrogens with zero attached hydrogens (tertiary/aromatic N) is 2. The molecule has 0 saturated carbocycles. The third-order valence-corrected chi connectivity index (χ3v) is 2.24. The van der Waals surface area contributed by atoms with E-state index in [1.54, 1.807) is 0 Å². The molecule has 1 aliphatic heterocycles. The molecule has 3 heteroatoms. The molecular formula is C6H14N2S. The minimum absolute atomic E-state index is 0.725. The molecule has 0 bridgehead atoms. The highest BCUT2D eigenvalue weighted by molar-refractivity contribution is 7.77. The highest BCUT2D eigenvalue weighted by Crippen LogP contribution is 2.13. The maximum atomic E-state index is 4.25. The fourth-order valence-electron chi connectivity index (χ4n) is 1.15. The first kappa shape index (κ1) is 7.38. The summed E-state index contributed by atoms with van der Waals surface area (Å²) in [6.07, 6.45) is 1.26. The Morgan fingerprint density at radius 1 is 1.56 bits per heavy atom. The van der Waals surface area contributed by atoms with Gasteiger partial charge in [-0.3, -0.25) is 4.31 Å². The molecule has 0 spiro atoms. The van der Waals surface area contributed by atoms with E-state index in [0.29, 0.717) is 0 Å². The molecule has 0 radical (unpaired) electrons. The van der Waals surface area contributed by atoms with Crippen LogP contribution in [0.2, 0.25) is 0 Å². The molecule has 0 aromatic carbocycles. The SMILES string of the molecule is CN(C)C1CCN(S)C1. The standard InChI is InChI=1S/C6H14N2S/c1-7(2)6-3-4-8(9)5-6/h6,9H,3-5H2,1-2H3. The first-order chi connectivity index (χ1) is 4.20. The van der Waals surface area contributed by atoms with Gasteiger partial charge >= 0.3 is 0 Å². The summed E-state index contributed by atoms with van der Waals surface area (Å²) in [5.74, 6) is 0. The minimum atomic E-state index is 0.725. The van der Waals surface area contributed by atoms with E-state index in [9.17, 15) is 0 Å². The number of rotatable bonds is 1. The minimum Gasteiger partial charge on any atom is -0.305 e. The zero-order chi connectivity index (χ0) is 6.85. The summed E-state index contributed by atoms with van der Waals surface area (Å²) in [5, 5.41) is 0. The summed E-state index contributed by atoms with van der Waals surface area (Å²) in [6.45, 7) is 2.24. The van der Waals surface area contributed by atoms with Gasteiger partial charge in [-0.05, 0) is 20.5 Å². The van der Waals surface area contributed by atoms with Crippen LogP contribution in [-0.2, 0) is 0 Å². The molecule has 0 aromatic heterocycles. The van der Waals surface area contributed by atoms with E-state index < -0.39 is 0 Å². The van der Waals surface area contributed by atoms with E-state index in [1.807, 2.05) is 0 Å². The number of thiol groups is 1. The van der Waals surface area contributed by atoms with Gasteiger partial charge in [-0.15, -0.1) is 0 Å². The summed E-state index contributed by atoms with van der Waals surface area (Å²) >= 11 is 4.25. The number of likely N-dealkylation sites (N-methyl/N-ethyl adjacent to an activating group) is 1. The zero-order valence-corrected chi connectivity index (χ0v) is 6.93. The molecule has 0 aromatic rings. The Labute approximate surface area is 62.4 Å². The van der Waals surface area contributed by atoms with Gasteiger partial charge in [0.2, 0.25) is 0 Å². The van der Waals surface area contributed by atoms with Crippen molar-refractivity contribution >= 4 is 12.8 Å². The van der Waals surface area contributed by atoms with Crippen LogP contribution in [0.1, 0.15) is 6.42 Å². The molecule has 9 heavy (non-hydrogen) atoms. The molecule has 1 aliphatic rings. The average molecular weight is 146 g/mol. The van der Waals surface area contributed by atoms with Gasteiger partial charge in [-0.1, -0.05) is 12.8 Å². The zero-order valence-electron chi connectivity index (χ0n) is 6.04. The van der Waals surface area contributed by atoms with Crippen molar-refractivity contribution in [1.82, 2.24) is 9.21 Å². The van der Waals surface area contributed by atoms with E-state index in [4.69, 9.17) is 0 Å². The molecule has 2 nitrogen and oxygen atoms in total. The first-order valence-corrected chi connectivity index (χ1v) is 3.70. The summed E-state index contributed by atoms with van der Waals surface area (Å²) in [4.78, 5) is 2.26. The van der Waals surface area contributed by atoms with Crippen LogP contribution in [0.5, 0.6) is 0 Å². The van der Waals surface area contributed by atoms with Crippen LogP contribution in [0, 0.1) is 0 Å². The van der Waals surface area contributed by atoms with Gasteiger partial charge in [0.25, 0.3) is 0 Å². The second-order valence-electron chi connectivity index (χ2n) is 2.82. The van der Waals surface area contributed by atoms with Gasteiger partial charge in [0.1, 0.15) is 0 Å². The number of hydrogen-bond donors (Lipinski definition) is 1. The lowest BCUT2D eigenvalue weighted by Crippen LogP contribution is -2.29. The molecule has 0 N–H and O–H groups in total. The molecule has 54 valence electrons. The van der Waals surface area contributed by atoms with Crippen molar-refractivity contribution in [3.05, 3.63) is 0 Å². The molecule has 1 rings (SSSR count). The highest BCUT2D eigenvalue weighted by Gasteiger charge is 2.20. The van der Waals surface area contributed by atoms with Crippen molar-refractivity contribution in [3.8, 4) is 0 Å². The molecule has 1 unspecified atom stereocenters. The maximum absolute atomic E-state index is 4.25. The van der Waals surface area contributed by atoms with Crippen molar-refractivity contribution in [1.29, 1.82) is 0 Å². The van der Waals surface area contributed by atoms with Crippen LogP contribution in [0.15, 0.2) is 0 Å².